The molecule has 0 spiro atoms. The maximum atomic E-state index is 12.9. The summed E-state index contributed by atoms with van der Waals surface area (Å²) >= 11 is 0. The van der Waals surface area contributed by atoms with Gasteiger partial charge in [-0.1, -0.05) is 12.1 Å². The van der Waals surface area contributed by atoms with Crippen LogP contribution in [-0.2, 0) is 4.79 Å². The second-order valence-corrected chi connectivity index (χ2v) is 4.28. The molecule has 0 N–H and O–H groups in total. The monoisotopic (exact) mass is 350 g/mol. The van der Waals surface area contributed by atoms with Crippen LogP contribution in [0.2, 0.25) is 0 Å². The van der Waals surface area contributed by atoms with Crippen molar-refractivity contribution in [3.63, 3.8) is 0 Å². The molecule has 2 rings (SSSR count). The highest BCUT2D eigenvalue weighted by Gasteiger charge is 2.65. The van der Waals surface area contributed by atoms with Crippen LogP contribution in [-0.4, -0.2) is 24.0 Å². The Bertz CT molecular complexity index is 736. The van der Waals surface area contributed by atoms with E-state index in [2.05, 4.69) is 4.74 Å². The van der Waals surface area contributed by atoms with Gasteiger partial charge in [0, 0.05) is 0 Å². The molecule has 0 bridgehead atoms. The molecule has 128 valence electrons. The Balaban J connectivity index is 2.20. The molecule has 0 aliphatic carbocycles. The summed E-state index contributed by atoms with van der Waals surface area (Å²) < 4.78 is 75.7. The molecular weight excluding hydrogens is 343 g/mol. The van der Waals surface area contributed by atoms with Gasteiger partial charge in [-0.25, -0.2) is 9.59 Å². The Labute approximate surface area is 130 Å². The van der Waals surface area contributed by atoms with Gasteiger partial charge < -0.3 is 13.9 Å². The lowest BCUT2D eigenvalue weighted by molar-refractivity contribution is -0.276. The van der Waals surface area contributed by atoms with E-state index in [1.165, 1.54) is 24.3 Å². The molecule has 0 radical (unpaired) electrons. The van der Waals surface area contributed by atoms with Crippen molar-refractivity contribution < 1.29 is 45.4 Å². The SMILES string of the molecule is O=C(Oc1ccccc1OC(=O)C(F)(F)C(F)(F)F)c1ccco1. The quantitative estimate of drug-likeness (QED) is 0.479. The maximum Gasteiger partial charge on any atom is 0.465 e. The summed E-state index contributed by atoms with van der Waals surface area (Å²) in [6.45, 7) is 0. The molecule has 0 atom stereocenters. The van der Waals surface area contributed by atoms with E-state index in [-0.39, 0.29) is 5.76 Å². The van der Waals surface area contributed by atoms with Crippen LogP contribution in [0.1, 0.15) is 10.6 Å². The van der Waals surface area contributed by atoms with E-state index in [9.17, 15) is 31.5 Å². The van der Waals surface area contributed by atoms with Crippen molar-refractivity contribution in [2.45, 2.75) is 12.1 Å². The normalized spacial score (nSPS) is 11.9. The van der Waals surface area contributed by atoms with Crippen molar-refractivity contribution in [2.24, 2.45) is 0 Å². The summed E-state index contributed by atoms with van der Waals surface area (Å²) in [6.07, 6.45) is -4.96. The van der Waals surface area contributed by atoms with Crippen LogP contribution in [0.3, 0.4) is 0 Å². The molecule has 24 heavy (non-hydrogen) atoms. The number of carbonyl (C=O) groups is 2. The molecule has 0 saturated carbocycles. The number of esters is 2. The average molecular weight is 350 g/mol. The van der Waals surface area contributed by atoms with Crippen molar-refractivity contribution in [2.75, 3.05) is 0 Å². The summed E-state index contributed by atoms with van der Waals surface area (Å²) in [5.41, 5.74) is 0. The van der Waals surface area contributed by atoms with Gasteiger partial charge in [-0.05, 0) is 24.3 Å². The van der Waals surface area contributed by atoms with Crippen LogP contribution in [0.4, 0.5) is 22.0 Å². The minimum Gasteiger partial charge on any atom is -0.457 e. The number of ether oxygens (including phenoxy) is 2. The van der Waals surface area contributed by atoms with E-state index in [4.69, 9.17) is 9.15 Å². The van der Waals surface area contributed by atoms with Gasteiger partial charge in [0.25, 0.3) is 0 Å². The molecule has 2 aromatic rings. The molecule has 10 heteroatoms. The number of rotatable bonds is 4. The molecule has 0 aliphatic rings. The summed E-state index contributed by atoms with van der Waals surface area (Å²) in [6, 6.07) is 6.98. The first-order valence-corrected chi connectivity index (χ1v) is 6.14. The molecule has 1 heterocycles. The maximum absolute atomic E-state index is 12.9. The molecule has 0 amide bonds. The Kier molecular flexibility index (Phi) is 4.58. The van der Waals surface area contributed by atoms with Gasteiger partial charge in [-0.15, -0.1) is 0 Å². The number of furan rings is 1. The van der Waals surface area contributed by atoms with Crippen molar-refractivity contribution in [3.05, 3.63) is 48.4 Å². The smallest absolute Gasteiger partial charge is 0.457 e. The van der Waals surface area contributed by atoms with E-state index < -0.39 is 35.5 Å². The van der Waals surface area contributed by atoms with Gasteiger partial charge in [0.15, 0.2) is 11.5 Å². The lowest BCUT2D eigenvalue weighted by Crippen LogP contribution is -2.46. The zero-order valence-electron chi connectivity index (χ0n) is 11.5. The number of para-hydroxylation sites is 2. The highest BCUT2D eigenvalue weighted by molar-refractivity contribution is 5.88. The summed E-state index contributed by atoms with van der Waals surface area (Å²) in [4.78, 5) is 22.8. The van der Waals surface area contributed by atoms with Gasteiger partial charge in [0.2, 0.25) is 5.76 Å². The van der Waals surface area contributed by atoms with Gasteiger partial charge in [-0.2, -0.15) is 22.0 Å². The lowest BCUT2D eigenvalue weighted by atomic mass is 10.3. The zero-order chi connectivity index (χ0) is 18.0. The predicted octanol–water partition coefficient (Wildman–Crippen LogP) is 3.60. The fourth-order valence-electron chi connectivity index (χ4n) is 1.44. The largest absolute Gasteiger partial charge is 0.465 e. The highest BCUT2D eigenvalue weighted by atomic mass is 19.4. The zero-order valence-corrected chi connectivity index (χ0v) is 11.5. The van der Waals surface area contributed by atoms with Gasteiger partial charge in [-0.3, -0.25) is 0 Å². The fourth-order valence-corrected chi connectivity index (χ4v) is 1.44. The van der Waals surface area contributed by atoms with E-state index in [1.54, 1.807) is 0 Å². The summed E-state index contributed by atoms with van der Waals surface area (Å²) in [5, 5.41) is 0. The van der Waals surface area contributed by atoms with E-state index in [0.717, 1.165) is 18.4 Å². The van der Waals surface area contributed by atoms with Crippen molar-refractivity contribution in [3.8, 4) is 11.5 Å². The average Bonchev–Trinajstić information content (AvgIpc) is 3.02. The van der Waals surface area contributed by atoms with Crippen LogP contribution in [0.15, 0.2) is 47.1 Å². The van der Waals surface area contributed by atoms with E-state index >= 15 is 0 Å². The minimum absolute atomic E-state index is 0.253. The number of carbonyl (C=O) groups excluding carboxylic acids is 2. The number of hydrogen-bond acceptors (Lipinski definition) is 5. The van der Waals surface area contributed by atoms with Crippen molar-refractivity contribution in [1.29, 1.82) is 0 Å². The second kappa shape index (κ2) is 6.30. The molecule has 1 aromatic carbocycles. The predicted molar refractivity (Wildman–Crippen MR) is 66.7 cm³/mol. The molecular formula is C14H7F5O5. The Morgan fingerprint density at radius 3 is 1.96 bits per heavy atom. The van der Waals surface area contributed by atoms with Gasteiger partial charge in [0.05, 0.1) is 6.26 Å². The first-order chi connectivity index (χ1) is 11.1. The molecule has 0 saturated heterocycles. The van der Waals surface area contributed by atoms with Crippen LogP contribution in [0.25, 0.3) is 0 Å². The van der Waals surface area contributed by atoms with Crippen LogP contribution in [0.5, 0.6) is 11.5 Å². The third-order valence-corrected chi connectivity index (χ3v) is 2.59. The lowest BCUT2D eigenvalue weighted by Gasteiger charge is -2.18. The van der Waals surface area contributed by atoms with Crippen LogP contribution in [0, 0.1) is 0 Å². The molecule has 1 aromatic heterocycles. The third-order valence-electron chi connectivity index (χ3n) is 2.59. The standard InChI is InChI=1S/C14H7F5O5/c15-13(16,14(17,18)19)12(21)24-9-5-2-1-4-8(9)23-11(20)10-6-3-7-22-10/h1-7H. The fraction of sp³-hybridized carbons (Fsp3) is 0.143. The molecule has 0 fully saturated rings. The van der Waals surface area contributed by atoms with Gasteiger partial charge >= 0.3 is 24.0 Å². The second-order valence-electron chi connectivity index (χ2n) is 4.28. The number of alkyl halides is 5. The number of halogens is 5. The van der Waals surface area contributed by atoms with Crippen LogP contribution >= 0.6 is 0 Å². The van der Waals surface area contributed by atoms with Gasteiger partial charge in [0.1, 0.15) is 0 Å². The molecule has 5 nitrogen and oxygen atoms in total. The van der Waals surface area contributed by atoms with Crippen LogP contribution < -0.4 is 9.47 Å². The number of hydrogen-bond donors (Lipinski definition) is 0. The molecule has 0 unspecified atom stereocenters. The first kappa shape index (κ1) is 17.4. The molecule has 0 aliphatic heterocycles. The Morgan fingerprint density at radius 1 is 0.875 bits per heavy atom. The van der Waals surface area contributed by atoms with E-state index in [0.29, 0.717) is 0 Å². The minimum atomic E-state index is -6.12. The summed E-state index contributed by atoms with van der Waals surface area (Å²) in [5.74, 6) is -11.2. The topological polar surface area (TPSA) is 65.7 Å². The third kappa shape index (κ3) is 3.53. The van der Waals surface area contributed by atoms with E-state index in [1.807, 2.05) is 0 Å². The number of benzene rings is 1. The Hall–Kier alpha value is -2.91. The Morgan fingerprint density at radius 2 is 1.46 bits per heavy atom. The van der Waals surface area contributed by atoms with Crippen molar-refractivity contribution >= 4 is 11.9 Å². The summed E-state index contributed by atoms with van der Waals surface area (Å²) in [7, 11) is 0. The first-order valence-electron chi connectivity index (χ1n) is 6.14. The van der Waals surface area contributed by atoms with Crippen molar-refractivity contribution in [1.82, 2.24) is 0 Å². The highest BCUT2D eigenvalue weighted by Crippen LogP contribution is 2.38.